The third kappa shape index (κ3) is 4.40. The number of nitrogens with zero attached hydrogens (tertiary/aromatic N) is 2. The molecule has 1 aromatic rings. The van der Waals surface area contributed by atoms with Crippen LogP contribution in [0.15, 0.2) is 24.4 Å². The number of carboxylic acid groups (broad SMARTS) is 1. The van der Waals surface area contributed by atoms with Crippen molar-refractivity contribution in [2.45, 2.75) is 32.9 Å². The first-order chi connectivity index (χ1) is 7.59. The topological polar surface area (TPSA) is 53.4 Å². The molecule has 0 saturated heterocycles. The summed E-state index contributed by atoms with van der Waals surface area (Å²) in [5.41, 5.74) is 0.974. The Bertz CT molecular complexity index is 325. The lowest BCUT2D eigenvalue weighted by Gasteiger charge is -2.25. The third-order valence-corrected chi connectivity index (χ3v) is 2.43. The minimum atomic E-state index is -0.758. The number of hydrogen-bond acceptors (Lipinski definition) is 3. The average molecular weight is 222 g/mol. The number of rotatable bonds is 6. The highest BCUT2D eigenvalue weighted by atomic mass is 16.4. The summed E-state index contributed by atoms with van der Waals surface area (Å²) >= 11 is 0. The van der Waals surface area contributed by atoms with E-state index in [9.17, 15) is 4.79 Å². The first-order valence-corrected chi connectivity index (χ1v) is 5.45. The fourth-order valence-corrected chi connectivity index (χ4v) is 1.46. The molecule has 1 heterocycles. The Morgan fingerprint density at radius 2 is 2.25 bits per heavy atom. The van der Waals surface area contributed by atoms with Crippen molar-refractivity contribution in [2.24, 2.45) is 0 Å². The number of aliphatic carboxylic acids is 1. The zero-order chi connectivity index (χ0) is 12.0. The van der Waals surface area contributed by atoms with E-state index < -0.39 is 5.97 Å². The molecule has 0 saturated carbocycles. The molecule has 0 bridgehead atoms. The van der Waals surface area contributed by atoms with Crippen molar-refractivity contribution < 1.29 is 9.90 Å². The maximum Gasteiger partial charge on any atom is 0.304 e. The van der Waals surface area contributed by atoms with E-state index in [4.69, 9.17) is 5.11 Å². The molecule has 0 unspecified atom stereocenters. The van der Waals surface area contributed by atoms with Gasteiger partial charge in [-0.3, -0.25) is 14.7 Å². The molecule has 0 amide bonds. The molecule has 0 aromatic carbocycles. The number of carbonyl (C=O) groups is 1. The van der Waals surface area contributed by atoms with E-state index in [0.29, 0.717) is 19.1 Å². The van der Waals surface area contributed by atoms with Crippen LogP contribution in [0.1, 0.15) is 26.0 Å². The Morgan fingerprint density at radius 1 is 1.50 bits per heavy atom. The molecule has 16 heavy (non-hydrogen) atoms. The number of carboxylic acids is 1. The molecule has 1 aromatic heterocycles. The van der Waals surface area contributed by atoms with E-state index in [1.54, 1.807) is 6.20 Å². The molecule has 0 atom stereocenters. The normalized spacial score (nSPS) is 11.0. The monoisotopic (exact) mass is 222 g/mol. The van der Waals surface area contributed by atoms with Crippen molar-refractivity contribution in [3.63, 3.8) is 0 Å². The van der Waals surface area contributed by atoms with Crippen molar-refractivity contribution >= 4 is 5.97 Å². The van der Waals surface area contributed by atoms with Gasteiger partial charge in [0.2, 0.25) is 0 Å². The molecule has 0 aliphatic heterocycles. The summed E-state index contributed by atoms with van der Waals surface area (Å²) in [4.78, 5) is 16.9. The van der Waals surface area contributed by atoms with Gasteiger partial charge in [0.15, 0.2) is 0 Å². The highest BCUT2D eigenvalue weighted by molar-refractivity contribution is 5.66. The Hall–Kier alpha value is -1.42. The second kappa shape index (κ2) is 6.23. The Labute approximate surface area is 95.9 Å². The molecular formula is C12H18N2O2. The van der Waals surface area contributed by atoms with E-state index in [1.165, 1.54) is 0 Å². The van der Waals surface area contributed by atoms with Crippen LogP contribution in [-0.2, 0) is 11.3 Å². The van der Waals surface area contributed by atoms with Crippen LogP contribution in [0.3, 0.4) is 0 Å². The predicted molar refractivity (Wildman–Crippen MR) is 62.0 cm³/mol. The minimum Gasteiger partial charge on any atom is -0.481 e. The standard InChI is InChI=1S/C12H18N2O2/c1-10(2)14(8-6-12(15)16)9-11-5-3-4-7-13-11/h3-5,7,10H,6,8-9H2,1-2H3,(H,15,16). The second-order valence-corrected chi connectivity index (χ2v) is 4.03. The van der Waals surface area contributed by atoms with Crippen molar-refractivity contribution in [2.75, 3.05) is 6.54 Å². The molecule has 0 spiro atoms. The summed E-state index contributed by atoms with van der Waals surface area (Å²) in [5, 5.41) is 8.67. The molecule has 4 nitrogen and oxygen atoms in total. The first kappa shape index (κ1) is 12.6. The van der Waals surface area contributed by atoms with Gasteiger partial charge < -0.3 is 5.11 Å². The predicted octanol–water partition coefficient (Wildman–Crippen LogP) is 1.77. The zero-order valence-electron chi connectivity index (χ0n) is 9.76. The fourth-order valence-electron chi connectivity index (χ4n) is 1.46. The van der Waals surface area contributed by atoms with Gasteiger partial charge in [0.1, 0.15) is 0 Å². The first-order valence-electron chi connectivity index (χ1n) is 5.45. The Morgan fingerprint density at radius 3 is 2.75 bits per heavy atom. The van der Waals surface area contributed by atoms with Crippen LogP contribution in [0.4, 0.5) is 0 Å². The molecule has 4 heteroatoms. The van der Waals surface area contributed by atoms with Crippen molar-refractivity contribution in [1.29, 1.82) is 0 Å². The largest absolute Gasteiger partial charge is 0.481 e. The highest BCUT2D eigenvalue weighted by Gasteiger charge is 2.12. The molecule has 1 rings (SSSR count). The van der Waals surface area contributed by atoms with E-state index in [1.807, 2.05) is 18.2 Å². The number of hydrogen-bond donors (Lipinski definition) is 1. The molecule has 0 fully saturated rings. The molecule has 88 valence electrons. The lowest BCUT2D eigenvalue weighted by atomic mass is 10.2. The second-order valence-electron chi connectivity index (χ2n) is 4.03. The van der Waals surface area contributed by atoms with E-state index >= 15 is 0 Å². The van der Waals surface area contributed by atoms with Crippen LogP contribution in [-0.4, -0.2) is 33.5 Å². The fraction of sp³-hybridized carbons (Fsp3) is 0.500. The molecule has 0 radical (unpaired) electrons. The van der Waals surface area contributed by atoms with Gasteiger partial charge in [-0.15, -0.1) is 0 Å². The summed E-state index contributed by atoms with van der Waals surface area (Å²) in [7, 11) is 0. The van der Waals surface area contributed by atoms with E-state index in [0.717, 1.165) is 5.69 Å². The maximum atomic E-state index is 10.5. The van der Waals surface area contributed by atoms with Gasteiger partial charge in [-0.25, -0.2) is 0 Å². The van der Waals surface area contributed by atoms with Gasteiger partial charge in [-0.1, -0.05) is 6.07 Å². The smallest absolute Gasteiger partial charge is 0.304 e. The van der Waals surface area contributed by atoms with Crippen molar-refractivity contribution in [3.05, 3.63) is 30.1 Å². The lowest BCUT2D eigenvalue weighted by molar-refractivity contribution is -0.137. The maximum absolute atomic E-state index is 10.5. The van der Waals surface area contributed by atoms with Crippen LogP contribution < -0.4 is 0 Å². The highest BCUT2D eigenvalue weighted by Crippen LogP contribution is 2.06. The lowest BCUT2D eigenvalue weighted by Crippen LogP contribution is -2.32. The summed E-state index contributed by atoms with van der Waals surface area (Å²) < 4.78 is 0. The molecule has 1 N–H and O–H groups in total. The van der Waals surface area contributed by atoms with Crippen LogP contribution in [0.25, 0.3) is 0 Å². The SMILES string of the molecule is CC(C)N(CCC(=O)O)Cc1ccccn1. The van der Waals surface area contributed by atoms with Crippen LogP contribution in [0.2, 0.25) is 0 Å². The summed E-state index contributed by atoms with van der Waals surface area (Å²) in [6, 6.07) is 6.09. The van der Waals surface area contributed by atoms with Crippen LogP contribution in [0.5, 0.6) is 0 Å². The summed E-state index contributed by atoms with van der Waals surface area (Å²) in [6.07, 6.45) is 1.93. The van der Waals surface area contributed by atoms with Gasteiger partial charge in [0, 0.05) is 25.3 Å². The average Bonchev–Trinajstić information content (AvgIpc) is 2.25. The number of aromatic nitrogens is 1. The molecule has 0 aliphatic rings. The van der Waals surface area contributed by atoms with E-state index in [-0.39, 0.29) is 6.42 Å². The van der Waals surface area contributed by atoms with Gasteiger partial charge >= 0.3 is 5.97 Å². The van der Waals surface area contributed by atoms with Crippen LogP contribution >= 0.6 is 0 Å². The third-order valence-electron chi connectivity index (χ3n) is 2.43. The van der Waals surface area contributed by atoms with Crippen LogP contribution in [0, 0.1) is 0 Å². The summed E-state index contributed by atoms with van der Waals surface area (Å²) in [5.74, 6) is -0.758. The minimum absolute atomic E-state index is 0.172. The van der Waals surface area contributed by atoms with Crippen molar-refractivity contribution in [1.82, 2.24) is 9.88 Å². The Kier molecular flexibility index (Phi) is 4.92. The Balaban J connectivity index is 2.54. The van der Waals surface area contributed by atoms with Gasteiger partial charge in [0.25, 0.3) is 0 Å². The zero-order valence-corrected chi connectivity index (χ0v) is 9.76. The number of pyridine rings is 1. The van der Waals surface area contributed by atoms with Gasteiger partial charge in [0.05, 0.1) is 12.1 Å². The quantitative estimate of drug-likeness (QED) is 0.797. The van der Waals surface area contributed by atoms with E-state index in [2.05, 4.69) is 23.7 Å². The van der Waals surface area contributed by atoms with Gasteiger partial charge in [-0.05, 0) is 26.0 Å². The summed E-state index contributed by atoms with van der Waals surface area (Å²) in [6.45, 7) is 5.38. The molecule has 0 aliphatic carbocycles. The van der Waals surface area contributed by atoms with Gasteiger partial charge in [-0.2, -0.15) is 0 Å². The van der Waals surface area contributed by atoms with Crippen molar-refractivity contribution in [3.8, 4) is 0 Å². The molecular weight excluding hydrogens is 204 g/mol.